The van der Waals surface area contributed by atoms with Crippen molar-refractivity contribution in [1.29, 1.82) is 0 Å². The lowest BCUT2D eigenvalue weighted by Gasteiger charge is -1.92. The fourth-order valence-electron chi connectivity index (χ4n) is 1.61. The molecule has 0 N–H and O–H groups in total. The Morgan fingerprint density at radius 3 is 2.95 bits per heavy atom. The number of rotatable bonds is 5. The van der Waals surface area contributed by atoms with E-state index in [1.54, 1.807) is 35.5 Å². The average molecular weight is 256 g/mol. The van der Waals surface area contributed by atoms with Gasteiger partial charge in [-0.25, -0.2) is 0 Å². The van der Waals surface area contributed by atoms with Gasteiger partial charge < -0.3 is 4.42 Å². The molecule has 0 amide bonds. The highest BCUT2D eigenvalue weighted by Gasteiger charge is 2.04. The Morgan fingerprint density at radius 2 is 2.32 bits per heavy atom. The first-order valence-corrected chi connectivity index (χ1v) is 6.15. The Kier molecular flexibility index (Phi) is 4.13. The summed E-state index contributed by atoms with van der Waals surface area (Å²) < 4.78 is 6.93. The van der Waals surface area contributed by atoms with Gasteiger partial charge in [0.1, 0.15) is 5.76 Å². The molecule has 0 spiro atoms. The van der Waals surface area contributed by atoms with Gasteiger partial charge in [-0.15, -0.1) is 0 Å². The number of nitrogens with zero attached hydrogens (tertiary/aromatic N) is 2. The number of aromatic nitrogens is 2. The van der Waals surface area contributed by atoms with Gasteiger partial charge in [-0.1, -0.05) is 6.08 Å². The van der Waals surface area contributed by atoms with E-state index in [1.807, 2.05) is 32.1 Å². The third kappa shape index (κ3) is 3.55. The van der Waals surface area contributed by atoms with E-state index < -0.39 is 0 Å². The monoisotopic (exact) mass is 256 g/mol. The lowest BCUT2D eigenvalue weighted by Crippen LogP contribution is -1.94. The summed E-state index contributed by atoms with van der Waals surface area (Å²) in [6, 6.07) is 3.69. The number of ketones is 1. The molecule has 0 atom stereocenters. The van der Waals surface area contributed by atoms with Crippen LogP contribution >= 0.6 is 0 Å². The summed E-state index contributed by atoms with van der Waals surface area (Å²) in [7, 11) is 0. The maximum atomic E-state index is 11.9. The standard InChI is InChI=1S/C15H16N2O2/c1-3-17-11-13(10-16-17)15(18)7-6-12(2)9-14-5-4-8-19-14/h4-11H,3H2,1-2H3/b7-6+,12-9+. The summed E-state index contributed by atoms with van der Waals surface area (Å²) >= 11 is 0. The average Bonchev–Trinajstić information content (AvgIpc) is 3.06. The lowest BCUT2D eigenvalue weighted by molar-refractivity contribution is 0.104. The van der Waals surface area contributed by atoms with Crippen LogP contribution in [-0.4, -0.2) is 15.6 Å². The maximum absolute atomic E-state index is 11.9. The van der Waals surface area contributed by atoms with E-state index in [0.717, 1.165) is 17.9 Å². The first kappa shape index (κ1) is 13.1. The molecule has 0 saturated heterocycles. The first-order valence-electron chi connectivity index (χ1n) is 6.15. The van der Waals surface area contributed by atoms with E-state index >= 15 is 0 Å². The Labute approximate surface area is 112 Å². The van der Waals surface area contributed by atoms with E-state index in [-0.39, 0.29) is 5.78 Å². The fourth-order valence-corrected chi connectivity index (χ4v) is 1.61. The normalized spacial score (nSPS) is 12.2. The SMILES string of the molecule is CCn1cc(C(=O)/C=C/C(C)=C/c2ccco2)cn1. The summed E-state index contributed by atoms with van der Waals surface area (Å²) in [6.45, 7) is 4.66. The third-order valence-electron chi connectivity index (χ3n) is 2.65. The minimum atomic E-state index is -0.0492. The van der Waals surface area contributed by atoms with Crippen molar-refractivity contribution in [2.24, 2.45) is 0 Å². The molecule has 0 unspecified atom stereocenters. The van der Waals surface area contributed by atoms with Crippen LogP contribution in [0.5, 0.6) is 0 Å². The van der Waals surface area contributed by atoms with Gasteiger partial charge in [0.25, 0.3) is 0 Å². The molecule has 2 aromatic rings. The van der Waals surface area contributed by atoms with Crippen molar-refractivity contribution in [2.75, 3.05) is 0 Å². The van der Waals surface area contributed by atoms with Gasteiger partial charge in [-0.2, -0.15) is 5.10 Å². The first-order chi connectivity index (χ1) is 9.19. The molecule has 0 aliphatic rings. The summed E-state index contributed by atoms with van der Waals surface area (Å²) in [5.74, 6) is 0.722. The van der Waals surface area contributed by atoms with E-state index in [1.165, 1.54) is 0 Å². The second kappa shape index (κ2) is 6.00. The molecule has 2 rings (SSSR count). The molecule has 0 aromatic carbocycles. The van der Waals surface area contributed by atoms with Gasteiger partial charge >= 0.3 is 0 Å². The van der Waals surface area contributed by atoms with Crippen molar-refractivity contribution < 1.29 is 9.21 Å². The summed E-state index contributed by atoms with van der Waals surface area (Å²) in [4.78, 5) is 11.9. The minimum Gasteiger partial charge on any atom is -0.465 e. The van der Waals surface area contributed by atoms with Crippen LogP contribution in [0.4, 0.5) is 0 Å². The van der Waals surface area contributed by atoms with Crippen LogP contribution in [0, 0.1) is 0 Å². The number of aryl methyl sites for hydroxylation is 1. The molecule has 0 fully saturated rings. The van der Waals surface area contributed by atoms with Crippen LogP contribution in [0.15, 0.2) is 52.9 Å². The Hall–Kier alpha value is -2.36. The molecule has 4 nitrogen and oxygen atoms in total. The fraction of sp³-hybridized carbons (Fsp3) is 0.200. The van der Waals surface area contributed by atoms with Crippen molar-refractivity contribution in [2.45, 2.75) is 20.4 Å². The maximum Gasteiger partial charge on any atom is 0.188 e. The lowest BCUT2D eigenvalue weighted by atomic mass is 10.1. The summed E-state index contributed by atoms with van der Waals surface area (Å²) in [5.41, 5.74) is 1.55. The molecule has 0 aliphatic carbocycles. The van der Waals surface area contributed by atoms with Crippen LogP contribution in [-0.2, 0) is 6.54 Å². The minimum absolute atomic E-state index is 0.0492. The molecule has 98 valence electrons. The molecule has 2 aromatic heterocycles. The predicted octanol–water partition coefficient (Wildman–Crippen LogP) is 3.34. The molecule has 0 bridgehead atoms. The zero-order chi connectivity index (χ0) is 13.7. The van der Waals surface area contributed by atoms with Gasteiger partial charge in [-0.05, 0) is 43.7 Å². The molecular formula is C15H16N2O2. The van der Waals surface area contributed by atoms with Crippen LogP contribution < -0.4 is 0 Å². The van der Waals surface area contributed by atoms with Crippen molar-refractivity contribution in [3.8, 4) is 0 Å². The zero-order valence-corrected chi connectivity index (χ0v) is 11.0. The molecule has 19 heavy (non-hydrogen) atoms. The van der Waals surface area contributed by atoms with Gasteiger partial charge in [0, 0.05) is 12.7 Å². The number of carbonyl (C=O) groups is 1. The van der Waals surface area contributed by atoms with Crippen molar-refractivity contribution in [1.82, 2.24) is 9.78 Å². The molecule has 0 saturated carbocycles. The largest absolute Gasteiger partial charge is 0.465 e. The Balaban J connectivity index is 2.04. The van der Waals surface area contributed by atoms with Crippen LogP contribution in [0.3, 0.4) is 0 Å². The highest BCUT2D eigenvalue weighted by Crippen LogP contribution is 2.09. The molecule has 4 heteroatoms. The molecule has 0 aliphatic heterocycles. The summed E-state index contributed by atoms with van der Waals surface area (Å²) in [6.07, 6.45) is 10.1. The van der Waals surface area contributed by atoms with Crippen molar-refractivity contribution in [3.05, 3.63) is 59.8 Å². The second-order valence-corrected chi connectivity index (χ2v) is 4.19. The zero-order valence-electron chi connectivity index (χ0n) is 11.0. The number of hydrogen-bond donors (Lipinski definition) is 0. The number of furan rings is 1. The molecular weight excluding hydrogens is 240 g/mol. The third-order valence-corrected chi connectivity index (χ3v) is 2.65. The highest BCUT2D eigenvalue weighted by molar-refractivity contribution is 6.04. The Morgan fingerprint density at radius 1 is 1.47 bits per heavy atom. The van der Waals surface area contributed by atoms with E-state index in [2.05, 4.69) is 5.10 Å². The quantitative estimate of drug-likeness (QED) is 0.468. The van der Waals surface area contributed by atoms with E-state index in [0.29, 0.717) is 5.56 Å². The van der Waals surface area contributed by atoms with Gasteiger partial charge in [0.2, 0.25) is 0 Å². The predicted molar refractivity (Wildman–Crippen MR) is 73.7 cm³/mol. The molecule has 0 radical (unpaired) electrons. The van der Waals surface area contributed by atoms with E-state index in [4.69, 9.17) is 4.42 Å². The van der Waals surface area contributed by atoms with Crippen LogP contribution in [0.2, 0.25) is 0 Å². The van der Waals surface area contributed by atoms with Gasteiger partial charge in [-0.3, -0.25) is 9.48 Å². The highest BCUT2D eigenvalue weighted by atomic mass is 16.3. The second-order valence-electron chi connectivity index (χ2n) is 4.19. The van der Waals surface area contributed by atoms with Crippen molar-refractivity contribution >= 4 is 11.9 Å². The van der Waals surface area contributed by atoms with E-state index in [9.17, 15) is 4.79 Å². The van der Waals surface area contributed by atoms with Crippen LogP contribution in [0.25, 0.3) is 6.08 Å². The number of hydrogen-bond acceptors (Lipinski definition) is 3. The van der Waals surface area contributed by atoms with Gasteiger partial charge in [0.05, 0.1) is 18.0 Å². The van der Waals surface area contributed by atoms with Crippen molar-refractivity contribution in [3.63, 3.8) is 0 Å². The van der Waals surface area contributed by atoms with Gasteiger partial charge in [0.15, 0.2) is 5.78 Å². The Bertz CT molecular complexity index is 604. The molecule has 2 heterocycles. The summed E-state index contributed by atoms with van der Waals surface area (Å²) in [5, 5.41) is 4.08. The smallest absolute Gasteiger partial charge is 0.188 e. The van der Waals surface area contributed by atoms with Crippen LogP contribution in [0.1, 0.15) is 30.0 Å². The topological polar surface area (TPSA) is 48.0 Å². The number of carbonyl (C=O) groups excluding carboxylic acids is 1. The number of allylic oxidation sites excluding steroid dienone is 3.